The van der Waals surface area contributed by atoms with E-state index in [9.17, 15) is 4.79 Å². The summed E-state index contributed by atoms with van der Waals surface area (Å²) in [5.74, 6) is 1.39. The van der Waals surface area contributed by atoms with Crippen molar-refractivity contribution in [2.45, 2.75) is 46.1 Å². The normalized spacial score (nSPS) is 11.6. The van der Waals surface area contributed by atoms with Gasteiger partial charge in [0, 0.05) is 17.3 Å². The Balaban J connectivity index is 1.96. The molecule has 0 aliphatic rings. The van der Waals surface area contributed by atoms with E-state index in [1.807, 2.05) is 43.3 Å². The summed E-state index contributed by atoms with van der Waals surface area (Å²) in [6.07, 6.45) is 3.20. The molecule has 134 valence electrons. The van der Waals surface area contributed by atoms with E-state index in [0.29, 0.717) is 17.9 Å². The molecule has 1 amide bonds. The van der Waals surface area contributed by atoms with Gasteiger partial charge in [0.1, 0.15) is 11.5 Å². The monoisotopic (exact) mass is 341 g/mol. The molecule has 0 aliphatic carbocycles. The summed E-state index contributed by atoms with van der Waals surface area (Å²) in [6, 6.07) is 14.7. The van der Waals surface area contributed by atoms with Gasteiger partial charge in [0.2, 0.25) is 0 Å². The molecule has 0 bridgehead atoms. The van der Waals surface area contributed by atoms with E-state index < -0.39 is 0 Å². The van der Waals surface area contributed by atoms with Crippen LogP contribution in [0, 0.1) is 0 Å². The summed E-state index contributed by atoms with van der Waals surface area (Å²) < 4.78 is 11.4. The first-order valence-corrected chi connectivity index (χ1v) is 8.93. The fourth-order valence-corrected chi connectivity index (χ4v) is 2.20. The predicted octanol–water partition coefficient (Wildman–Crippen LogP) is 5.30. The smallest absolute Gasteiger partial charge is 0.255 e. The summed E-state index contributed by atoms with van der Waals surface area (Å²) in [7, 11) is 0. The van der Waals surface area contributed by atoms with Crippen LogP contribution in [0.3, 0.4) is 0 Å². The number of unbranched alkanes of at least 4 members (excludes halogenated alkanes) is 1. The Hall–Kier alpha value is -2.49. The zero-order valence-electron chi connectivity index (χ0n) is 15.2. The van der Waals surface area contributed by atoms with Crippen molar-refractivity contribution >= 4 is 11.6 Å². The van der Waals surface area contributed by atoms with Crippen molar-refractivity contribution < 1.29 is 14.3 Å². The van der Waals surface area contributed by atoms with Gasteiger partial charge in [-0.25, -0.2) is 0 Å². The Morgan fingerprint density at radius 1 is 1.08 bits per heavy atom. The molecule has 0 saturated carbocycles. The highest BCUT2D eigenvalue weighted by molar-refractivity contribution is 6.04. The van der Waals surface area contributed by atoms with Crippen molar-refractivity contribution in [1.29, 1.82) is 0 Å². The number of ether oxygens (including phenoxy) is 2. The molecule has 4 nitrogen and oxygen atoms in total. The summed E-state index contributed by atoms with van der Waals surface area (Å²) in [6.45, 7) is 6.92. The zero-order chi connectivity index (χ0) is 18.1. The van der Waals surface area contributed by atoms with Gasteiger partial charge < -0.3 is 14.8 Å². The predicted molar refractivity (Wildman–Crippen MR) is 102 cm³/mol. The first-order chi connectivity index (χ1) is 12.1. The standard InChI is InChI=1S/C21H27NO3/c1-4-6-14-24-19-12-10-17(11-13-19)21(23)22-18-8-7-9-20(15-18)25-16(3)5-2/h7-13,15-16H,4-6,14H2,1-3H3,(H,22,23). The van der Waals surface area contributed by atoms with E-state index in [4.69, 9.17) is 9.47 Å². The van der Waals surface area contributed by atoms with Crippen LogP contribution in [-0.2, 0) is 0 Å². The maximum atomic E-state index is 12.4. The van der Waals surface area contributed by atoms with Crippen LogP contribution in [0.1, 0.15) is 50.4 Å². The van der Waals surface area contributed by atoms with E-state index in [1.54, 1.807) is 12.1 Å². The Labute approximate surface area is 150 Å². The minimum atomic E-state index is -0.152. The van der Waals surface area contributed by atoms with Crippen molar-refractivity contribution in [3.05, 3.63) is 54.1 Å². The van der Waals surface area contributed by atoms with E-state index in [1.165, 1.54) is 0 Å². The molecule has 2 rings (SSSR count). The third kappa shape index (κ3) is 6.14. The van der Waals surface area contributed by atoms with E-state index in [0.717, 1.165) is 30.8 Å². The molecule has 25 heavy (non-hydrogen) atoms. The molecule has 0 fully saturated rings. The minimum absolute atomic E-state index is 0.145. The molecular weight excluding hydrogens is 314 g/mol. The quantitative estimate of drug-likeness (QED) is 0.630. The molecule has 0 saturated heterocycles. The van der Waals surface area contributed by atoms with Crippen molar-refractivity contribution in [3.8, 4) is 11.5 Å². The lowest BCUT2D eigenvalue weighted by Crippen LogP contribution is -2.13. The Morgan fingerprint density at radius 3 is 2.52 bits per heavy atom. The second-order valence-corrected chi connectivity index (χ2v) is 6.05. The second kappa shape index (κ2) is 9.72. The Morgan fingerprint density at radius 2 is 1.84 bits per heavy atom. The first kappa shape index (κ1) is 18.8. The highest BCUT2D eigenvalue weighted by atomic mass is 16.5. The fourth-order valence-electron chi connectivity index (χ4n) is 2.20. The average molecular weight is 341 g/mol. The number of nitrogens with one attached hydrogen (secondary N) is 1. The number of hydrogen-bond donors (Lipinski definition) is 1. The minimum Gasteiger partial charge on any atom is -0.494 e. The summed E-state index contributed by atoms with van der Waals surface area (Å²) in [5.41, 5.74) is 1.31. The van der Waals surface area contributed by atoms with E-state index in [-0.39, 0.29) is 12.0 Å². The van der Waals surface area contributed by atoms with Gasteiger partial charge in [-0.1, -0.05) is 26.3 Å². The Kier molecular flexibility index (Phi) is 7.33. The summed E-state index contributed by atoms with van der Waals surface area (Å²) >= 11 is 0. The number of rotatable bonds is 9. The van der Waals surface area contributed by atoms with Crippen LogP contribution in [0.25, 0.3) is 0 Å². The molecule has 0 aromatic heterocycles. The number of hydrogen-bond acceptors (Lipinski definition) is 3. The summed E-state index contributed by atoms with van der Waals surface area (Å²) in [5, 5.41) is 2.90. The van der Waals surface area contributed by atoms with Gasteiger partial charge in [-0.15, -0.1) is 0 Å². The molecule has 2 aromatic rings. The molecule has 0 spiro atoms. The number of carbonyl (C=O) groups is 1. The lowest BCUT2D eigenvalue weighted by molar-refractivity contribution is 0.102. The van der Waals surface area contributed by atoms with Crippen LogP contribution in [-0.4, -0.2) is 18.6 Å². The van der Waals surface area contributed by atoms with Gasteiger partial charge in [-0.3, -0.25) is 4.79 Å². The first-order valence-electron chi connectivity index (χ1n) is 8.93. The molecular formula is C21H27NO3. The maximum Gasteiger partial charge on any atom is 0.255 e. The maximum absolute atomic E-state index is 12.4. The van der Waals surface area contributed by atoms with Gasteiger partial charge >= 0.3 is 0 Å². The molecule has 2 aromatic carbocycles. The van der Waals surface area contributed by atoms with Crippen molar-refractivity contribution in [3.63, 3.8) is 0 Å². The fraction of sp³-hybridized carbons (Fsp3) is 0.381. The number of anilines is 1. The molecule has 0 heterocycles. The molecule has 0 radical (unpaired) electrons. The van der Waals surface area contributed by atoms with Crippen molar-refractivity contribution in [2.75, 3.05) is 11.9 Å². The summed E-state index contributed by atoms with van der Waals surface area (Å²) in [4.78, 5) is 12.4. The Bertz CT molecular complexity index is 667. The second-order valence-electron chi connectivity index (χ2n) is 6.05. The van der Waals surface area contributed by atoms with Crippen LogP contribution in [0.2, 0.25) is 0 Å². The third-order valence-electron chi connectivity index (χ3n) is 3.89. The number of carbonyl (C=O) groups excluding carboxylic acids is 1. The lowest BCUT2D eigenvalue weighted by atomic mass is 10.2. The van der Waals surface area contributed by atoms with Gasteiger partial charge in [-0.2, -0.15) is 0 Å². The van der Waals surface area contributed by atoms with E-state index in [2.05, 4.69) is 19.2 Å². The van der Waals surface area contributed by atoms with E-state index >= 15 is 0 Å². The molecule has 1 N–H and O–H groups in total. The highest BCUT2D eigenvalue weighted by Crippen LogP contribution is 2.20. The topological polar surface area (TPSA) is 47.6 Å². The average Bonchev–Trinajstić information content (AvgIpc) is 2.62. The van der Waals surface area contributed by atoms with Gasteiger partial charge in [0.05, 0.1) is 12.7 Å². The van der Waals surface area contributed by atoms with Gasteiger partial charge in [-0.05, 0) is 56.2 Å². The molecule has 0 aliphatic heterocycles. The number of benzene rings is 2. The van der Waals surface area contributed by atoms with Gasteiger partial charge in [0.25, 0.3) is 5.91 Å². The third-order valence-corrected chi connectivity index (χ3v) is 3.89. The van der Waals surface area contributed by atoms with Crippen LogP contribution in [0.15, 0.2) is 48.5 Å². The highest BCUT2D eigenvalue weighted by Gasteiger charge is 2.08. The van der Waals surface area contributed by atoms with Crippen LogP contribution in [0.5, 0.6) is 11.5 Å². The van der Waals surface area contributed by atoms with Crippen molar-refractivity contribution in [1.82, 2.24) is 0 Å². The molecule has 1 unspecified atom stereocenters. The molecule has 4 heteroatoms. The lowest BCUT2D eigenvalue weighted by Gasteiger charge is -2.13. The number of amides is 1. The SMILES string of the molecule is CCCCOc1ccc(C(=O)Nc2cccc(OC(C)CC)c2)cc1. The van der Waals surface area contributed by atoms with Crippen LogP contribution in [0.4, 0.5) is 5.69 Å². The largest absolute Gasteiger partial charge is 0.494 e. The van der Waals surface area contributed by atoms with Gasteiger partial charge in [0.15, 0.2) is 0 Å². The molecule has 1 atom stereocenters. The zero-order valence-corrected chi connectivity index (χ0v) is 15.2. The van der Waals surface area contributed by atoms with Crippen LogP contribution < -0.4 is 14.8 Å². The van der Waals surface area contributed by atoms with Crippen molar-refractivity contribution in [2.24, 2.45) is 0 Å². The van der Waals surface area contributed by atoms with Crippen LogP contribution >= 0.6 is 0 Å².